The van der Waals surface area contributed by atoms with Gasteiger partial charge in [0.15, 0.2) is 4.87 Å². The smallest absolute Gasteiger partial charge is 0.268 e. The van der Waals surface area contributed by atoms with Crippen molar-refractivity contribution in [3.05, 3.63) is 94.5 Å². The van der Waals surface area contributed by atoms with E-state index in [1.54, 1.807) is 47.2 Å². The molecule has 0 N–H and O–H groups in total. The van der Waals surface area contributed by atoms with Crippen LogP contribution in [0, 0.1) is 0 Å². The topological polar surface area (TPSA) is 49.9 Å². The summed E-state index contributed by atoms with van der Waals surface area (Å²) in [6.45, 7) is 0.898. The molecule has 1 unspecified atom stereocenters. The lowest BCUT2D eigenvalue weighted by atomic mass is 10.0. The Morgan fingerprint density at radius 1 is 1.09 bits per heavy atom. The Balaban J connectivity index is 1.59. The van der Waals surface area contributed by atoms with E-state index in [9.17, 15) is 9.59 Å². The van der Waals surface area contributed by atoms with Crippen LogP contribution in [0.2, 0.25) is 5.02 Å². The van der Waals surface area contributed by atoms with Crippen molar-refractivity contribution in [2.75, 3.05) is 24.3 Å². The van der Waals surface area contributed by atoms with Gasteiger partial charge in [0.2, 0.25) is 0 Å². The van der Waals surface area contributed by atoms with E-state index in [1.807, 2.05) is 42.5 Å². The van der Waals surface area contributed by atoms with E-state index in [0.717, 1.165) is 16.8 Å². The van der Waals surface area contributed by atoms with Crippen molar-refractivity contribution < 1.29 is 14.3 Å². The van der Waals surface area contributed by atoms with Crippen LogP contribution in [0.15, 0.2) is 72.8 Å². The number of hydrogen-bond acceptors (Lipinski definition) is 4. The monoisotopic (exact) mass is 464 g/mol. The Morgan fingerprint density at radius 2 is 1.91 bits per heavy atom. The average molecular weight is 465 g/mol. The van der Waals surface area contributed by atoms with Gasteiger partial charge in [-0.1, -0.05) is 48.0 Å². The summed E-state index contributed by atoms with van der Waals surface area (Å²) in [5.74, 6) is 0.947. The van der Waals surface area contributed by atoms with Crippen LogP contribution >= 0.6 is 23.4 Å². The van der Waals surface area contributed by atoms with E-state index in [0.29, 0.717) is 35.2 Å². The highest BCUT2D eigenvalue weighted by atomic mass is 35.5. The lowest BCUT2D eigenvalue weighted by Crippen LogP contribution is -2.50. The van der Waals surface area contributed by atoms with Gasteiger partial charge in [-0.2, -0.15) is 0 Å². The van der Waals surface area contributed by atoms with E-state index in [1.165, 1.54) is 11.8 Å². The average Bonchev–Trinajstić information content (AvgIpc) is 3.36. The molecule has 0 aromatic heterocycles. The summed E-state index contributed by atoms with van der Waals surface area (Å²) >= 11 is 7.86. The van der Waals surface area contributed by atoms with Crippen LogP contribution < -0.4 is 9.64 Å². The zero-order chi connectivity index (χ0) is 22.3. The van der Waals surface area contributed by atoms with Crippen molar-refractivity contribution in [3.8, 4) is 5.75 Å². The highest BCUT2D eigenvalue weighted by Crippen LogP contribution is 2.55. The summed E-state index contributed by atoms with van der Waals surface area (Å²) in [5, 5.41) is 0.541. The number of halogens is 1. The molecule has 5 rings (SSSR count). The van der Waals surface area contributed by atoms with Gasteiger partial charge in [0.1, 0.15) is 5.75 Å². The predicted molar refractivity (Wildman–Crippen MR) is 127 cm³/mol. The minimum Gasteiger partial charge on any atom is -0.497 e. The van der Waals surface area contributed by atoms with Crippen molar-refractivity contribution in [2.45, 2.75) is 11.4 Å². The molecule has 2 heterocycles. The molecule has 3 aromatic carbocycles. The number of carbonyl (C=O) groups is 2. The van der Waals surface area contributed by atoms with Crippen LogP contribution in [0.5, 0.6) is 5.75 Å². The number of thioether (sulfide) groups is 1. The van der Waals surface area contributed by atoms with Gasteiger partial charge in [-0.15, -0.1) is 11.8 Å². The number of methoxy groups -OCH3 is 1. The van der Waals surface area contributed by atoms with Gasteiger partial charge >= 0.3 is 0 Å². The minimum absolute atomic E-state index is 0.114. The SMILES string of the molecule is COc1cccc(C(=O)N2CCSC23C(=O)N(Cc2ccccc2)c2ccc(Cl)cc23)c1. The molecule has 5 nitrogen and oxygen atoms in total. The molecule has 0 aliphatic carbocycles. The molecule has 2 aliphatic heterocycles. The maximum Gasteiger partial charge on any atom is 0.268 e. The van der Waals surface area contributed by atoms with E-state index >= 15 is 0 Å². The molecule has 32 heavy (non-hydrogen) atoms. The van der Waals surface area contributed by atoms with E-state index in [2.05, 4.69) is 0 Å². The third kappa shape index (κ3) is 3.26. The van der Waals surface area contributed by atoms with Crippen LogP contribution in [0.4, 0.5) is 5.69 Å². The molecule has 1 fully saturated rings. The van der Waals surface area contributed by atoms with Crippen molar-refractivity contribution in [1.82, 2.24) is 4.90 Å². The number of benzene rings is 3. The summed E-state index contributed by atoms with van der Waals surface area (Å²) < 4.78 is 5.29. The van der Waals surface area contributed by atoms with Gasteiger partial charge in [0.25, 0.3) is 11.8 Å². The maximum atomic E-state index is 14.0. The summed E-state index contributed by atoms with van der Waals surface area (Å²) in [4.78, 5) is 30.0. The number of fused-ring (bicyclic) bond motifs is 2. The van der Waals surface area contributed by atoms with Crippen molar-refractivity contribution in [3.63, 3.8) is 0 Å². The van der Waals surface area contributed by atoms with E-state index < -0.39 is 4.87 Å². The maximum absolute atomic E-state index is 14.0. The molecule has 2 amide bonds. The highest BCUT2D eigenvalue weighted by Gasteiger charge is 2.59. The molecular formula is C25H21ClN2O3S. The second kappa shape index (κ2) is 8.19. The van der Waals surface area contributed by atoms with Crippen LogP contribution in [-0.4, -0.2) is 36.1 Å². The van der Waals surface area contributed by atoms with Crippen LogP contribution in [0.1, 0.15) is 21.5 Å². The molecule has 162 valence electrons. The Morgan fingerprint density at radius 3 is 2.69 bits per heavy atom. The zero-order valence-electron chi connectivity index (χ0n) is 17.5. The van der Waals surface area contributed by atoms with Gasteiger partial charge in [0, 0.05) is 28.4 Å². The van der Waals surface area contributed by atoms with Crippen LogP contribution in [0.25, 0.3) is 0 Å². The van der Waals surface area contributed by atoms with Crippen LogP contribution in [-0.2, 0) is 16.2 Å². The molecule has 0 bridgehead atoms. The lowest BCUT2D eigenvalue weighted by Gasteiger charge is -2.33. The van der Waals surface area contributed by atoms with Gasteiger partial charge in [-0.25, -0.2) is 0 Å². The molecule has 3 aromatic rings. The van der Waals surface area contributed by atoms with Gasteiger partial charge in [0.05, 0.1) is 19.3 Å². The number of hydrogen-bond donors (Lipinski definition) is 0. The molecule has 1 saturated heterocycles. The normalized spacial score (nSPS) is 19.5. The first-order chi connectivity index (χ1) is 15.5. The molecule has 0 radical (unpaired) electrons. The molecular weight excluding hydrogens is 444 g/mol. The fourth-order valence-electron chi connectivity index (χ4n) is 4.42. The summed E-state index contributed by atoms with van der Waals surface area (Å²) in [7, 11) is 1.57. The number of ether oxygens (including phenoxy) is 1. The number of anilines is 1. The molecule has 2 aliphatic rings. The Hall–Kier alpha value is -2.96. The Labute approximate surface area is 195 Å². The minimum atomic E-state index is -1.13. The summed E-state index contributed by atoms with van der Waals surface area (Å²) in [6.07, 6.45) is 0. The van der Waals surface area contributed by atoms with Gasteiger partial charge < -0.3 is 14.5 Å². The Bertz CT molecular complexity index is 1200. The standard InChI is InChI=1S/C25H21ClN2O3S/c1-31-20-9-5-8-18(14-20)23(29)28-12-13-32-25(28)21-15-19(26)10-11-22(21)27(24(25)30)16-17-6-3-2-4-7-17/h2-11,14-15H,12-13,16H2,1H3. The first kappa shape index (κ1) is 20.9. The fourth-order valence-corrected chi connectivity index (χ4v) is 6.05. The number of nitrogens with zero attached hydrogens (tertiary/aromatic N) is 2. The second-order valence-electron chi connectivity index (χ2n) is 7.72. The third-order valence-corrected chi connectivity index (χ3v) is 7.56. The van der Waals surface area contributed by atoms with E-state index in [-0.39, 0.29) is 11.8 Å². The zero-order valence-corrected chi connectivity index (χ0v) is 19.0. The molecule has 0 saturated carbocycles. The largest absolute Gasteiger partial charge is 0.497 e. The first-order valence-corrected chi connectivity index (χ1v) is 11.7. The van der Waals surface area contributed by atoms with E-state index in [4.69, 9.17) is 16.3 Å². The molecule has 7 heteroatoms. The molecule has 1 atom stereocenters. The quantitative estimate of drug-likeness (QED) is 0.549. The Kier molecular flexibility index (Phi) is 5.35. The number of rotatable bonds is 4. The fraction of sp³-hybridized carbons (Fsp3) is 0.200. The number of carbonyl (C=O) groups excluding carboxylic acids is 2. The summed E-state index contributed by atoms with van der Waals surface area (Å²) in [5.41, 5.74) is 3.07. The highest BCUT2D eigenvalue weighted by molar-refractivity contribution is 8.01. The first-order valence-electron chi connectivity index (χ1n) is 10.3. The van der Waals surface area contributed by atoms with Crippen molar-refractivity contribution in [2.24, 2.45) is 0 Å². The lowest BCUT2D eigenvalue weighted by molar-refractivity contribution is -0.123. The molecule has 1 spiro atoms. The van der Waals surface area contributed by atoms with Crippen LogP contribution in [0.3, 0.4) is 0 Å². The third-order valence-electron chi connectivity index (χ3n) is 5.90. The van der Waals surface area contributed by atoms with Gasteiger partial charge in [-0.3, -0.25) is 9.59 Å². The van der Waals surface area contributed by atoms with Gasteiger partial charge in [-0.05, 0) is 42.0 Å². The number of amides is 2. The summed E-state index contributed by atoms with van der Waals surface area (Å²) in [6, 6.07) is 22.4. The van der Waals surface area contributed by atoms with Crippen molar-refractivity contribution in [1.29, 1.82) is 0 Å². The van der Waals surface area contributed by atoms with Crippen molar-refractivity contribution >= 4 is 40.9 Å². The second-order valence-corrected chi connectivity index (χ2v) is 9.44. The predicted octanol–water partition coefficient (Wildman–Crippen LogP) is 4.94.